The molecule has 0 N–H and O–H groups in total. The zero-order valence-electron chi connectivity index (χ0n) is 13.8. The van der Waals surface area contributed by atoms with Crippen molar-refractivity contribution < 1.29 is 19.2 Å². The van der Waals surface area contributed by atoms with Crippen molar-refractivity contribution in [1.82, 2.24) is 4.90 Å². The number of benzene rings is 2. The van der Waals surface area contributed by atoms with E-state index < -0.39 is 4.92 Å². The lowest BCUT2D eigenvalue weighted by Gasteiger charge is -2.29. The molecule has 0 aromatic heterocycles. The number of nitro groups is 1. The van der Waals surface area contributed by atoms with Crippen molar-refractivity contribution in [2.24, 2.45) is 0 Å². The Morgan fingerprint density at radius 2 is 1.88 bits per heavy atom. The molecular weight excluding hydrogens is 324 g/mol. The van der Waals surface area contributed by atoms with Crippen LogP contribution in [0.4, 0.5) is 5.69 Å². The van der Waals surface area contributed by atoms with Crippen LogP contribution in [0.1, 0.15) is 5.56 Å². The van der Waals surface area contributed by atoms with Gasteiger partial charge in [-0.05, 0) is 12.1 Å². The van der Waals surface area contributed by atoms with Crippen LogP contribution in [-0.4, -0.2) is 42.0 Å². The second-order valence-electron chi connectivity index (χ2n) is 5.83. The minimum Gasteiger partial charge on any atom is -0.486 e. The van der Waals surface area contributed by atoms with Crippen molar-refractivity contribution in [2.75, 3.05) is 20.2 Å². The number of likely N-dealkylation sites (N-methyl/N-ethyl adjacent to an activating group) is 1. The molecule has 1 unspecified atom stereocenters. The molecule has 0 aliphatic carbocycles. The molecule has 1 atom stereocenters. The highest BCUT2D eigenvalue weighted by molar-refractivity contribution is 5.79. The van der Waals surface area contributed by atoms with Crippen molar-refractivity contribution in [3.8, 4) is 11.5 Å². The van der Waals surface area contributed by atoms with E-state index in [2.05, 4.69) is 0 Å². The van der Waals surface area contributed by atoms with Crippen LogP contribution in [0.2, 0.25) is 0 Å². The van der Waals surface area contributed by atoms with Crippen LogP contribution in [0.15, 0.2) is 48.5 Å². The molecule has 25 heavy (non-hydrogen) atoms. The number of nitro benzene ring substituents is 1. The summed E-state index contributed by atoms with van der Waals surface area (Å²) in [4.78, 5) is 24.5. The molecule has 0 radical (unpaired) electrons. The van der Waals surface area contributed by atoms with Crippen LogP contribution in [-0.2, 0) is 11.2 Å². The number of hydrogen-bond donors (Lipinski definition) is 0. The van der Waals surface area contributed by atoms with Crippen LogP contribution in [0.5, 0.6) is 11.5 Å². The van der Waals surface area contributed by atoms with Gasteiger partial charge in [-0.3, -0.25) is 14.9 Å². The zero-order chi connectivity index (χ0) is 17.8. The minimum atomic E-state index is -0.475. The number of carbonyl (C=O) groups is 1. The molecule has 130 valence electrons. The van der Waals surface area contributed by atoms with Gasteiger partial charge in [-0.15, -0.1) is 0 Å². The smallest absolute Gasteiger partial charge is 0.273 e. The number of carbonyl (C=O) groups excluding carboxylic acids is 1. The maximum atomic E-state index is 12.4. The molecule has 1 aliphatic heterocycles. The highest BCUT2D eigenvalue weighted by Crippen LogP contribution is 2.31. The van der Waals surface area contributed by atoms with Crippen molar-refractivity contribution in [3.63, 3.8) is 0 Å². The van der Waals surface area contributed by atoms with Gasteiger partial charge in [0.15, 0.2) is 17.6 Å². The Hall–Kier alpha value is -3.09. The number of ether oxygens (including phenoxy) is 2. The summed E-state index contributed by atoms with van der Waals surface area (Å²) in [6, 6.07) is 13.6. The van der Waals surface area contributed by atoms with Crippen LogP contribution in [0, 0.1) is 10.1 Å². The van der Waals surface area contributed by atoms with Gasteiger partial charge in [-0.25, -0.2) is 0 Å². The lowest BCUT2D eigenvalue weighted by atomic mass is 10.1. The first-order valence-corrected chi connectivity index (χ1v) is 7.89. The molecule has 3 rings (SSSR count). The second kappa shape index (κ2) is 7.21. The molecule has 7 heteroatoms. The molecule has 7 nitrogen and oxygen atoms in total. The van der Waals surface area contributed by atoms with Crippen molar-refractivity contribution in [2.45, 2.75) is 12.5 Å². The Balaban J connectivity index is 1.61. The van der Waals surface area contributed by atoms with Gasteiger partial charge in [-0.1, -0.05) is 30.3 Å². The van der Waals surface area contributed by atoms with E-state index in [0.717, 1.165) is 0 Å². The molecule has 2 aromatic carbocycles. The fraction of sp³-hybridized carbons (Fsp3) is 0.278. The molecule has 0 spiro atoms. The maximum Gasteiger partial charge on any atom is 0.273 e. The van der Waals surface area contributed by atoms with Gasteiger partial charge in [0.05, 0.1) is 17.9 Å². The Morgan fingerprint density at radius 1 is 1.20 bits per heavy atom. The van der Waals surface area contributed by atoms with Gasteiger partial charge in [0.1, 0.15) is 6.61 Å². The van der Waals surface area contributed by atoms with Crippen molar-refractivity contribution in [1.29, 1.82) is 0 Å². The number of hydrogen-bond acceptors (Lipinski definition) is 5. The van der Waals surface area contributed by atoms with Gasteiger partial charge < -0.3 is 14.4 Å². The summed E-state index contributed by atoms with van der Waals surface area (Å²) in [5.41, 5.74) is 0.353. The summed E-state index contributed by atoms with van der Waals surface area (Å²) >= 11 is 0. The van der Waals surface area contributed by atoms with Gasteiger partial charge in [0.25, 0.3) is 5.69 Å². The first-order valence-electron chi connectivity index (χ1n) is 7.89. The van der Waals surface area contributed by atoms with Gasteiger partial charge >= 0.3 is 0 Å². The molecule has 0 saturated carbocycles. The highest BCUT2D eigenvalue weighted by Gasteiger charge is 2.24. The van der Waals surface area contributed by atoms with Crippen molar-refractivity contribution in [3.05, 3.63) is 64.2 Å². The number of amides is 1. The van der Waals surface area contributed by atoms with E-state index >= 15 is 0 Å². The topological polar surface area (TPSA) is 81.9 Å². The monoisotopic (exact) mass is 342 g/mol. The molecule has 1 amide bonds. The Labute approximate surface area is 144 Å². The predicted octanol–water partition coefficient (Wildman–Crippen LogP) is 2.44. The molecule has 2 aromatic rings. The standard InChI is InChI=1S/C18H18N2O5/c1-19(11-14-12-24-16-8-4-5-9-17(16)25-14)18(21)10-13-6-2-3-7-15(13)20(22)23/h2-9,14H,10-12H2,1H3. The number of rotatable bonds is 5. The largest absolute Gasteiger partial charge is 0.486 e. The molecule has 0 bridgehead atoms. The van der Waals surface area contributed by atoms with Crippen LogP contribution >= 0.6 is 0 Å². The predicted molar refractivity (Wildman–Crippen MR) is 90.8 cm³/mol. The Morgan fingerprint density at radius 3 is 2.64 bits per heavy atom. The summed E-state index contributed by atoms with van der Waals surface area (Å²) in [6.07, 6.45) is -0.313. The molecule has 0 saturated heterocycles. The van der Waals surface area contributed by atoms with Gasteiger partial charge in [0, 0.05) is 18.7 Å². The summed E-state index contributed by atoms with van der Waals surface area (Å²) < 4.78 is 11.5. The molecule has 1 heterocycles. The van der Waals surface area contributed by atoms with Crippen LogP contribution in [0.25, 0.3) is 0 Å². The highest BCUT2D eigenvalue weighted by atomic mass is 16.6. The number of para-hydroxylation sites is 3. The maximum absolute atomic E-state index is 12.4. The molecular formula is C18H18N2O5. The first kappa shape index (κ1) is 16.8. The van der Waals surface area contributed by atoms with E-state index in [1.807, 2.05) is 24.3 Å². The summed E-state index contributed by atoms with van der Waals surface area (Å²) in [7, 11) is 1.65. The van der Waals surface area contributed by atoms with E-state index in [0.29, 0.717) is 30.2 Å². The zero-order valence-corrected chi connectivity index (χ0v) is 13.8. The third kappa shape index (κ3) is 3.88. The third-order valence-corrected chi connectivity index (χ3v) is 4.00. The lowest BCUT2D eigenvalue weighted by Crippen LogP contribution is -2.42. The lowest BCUT2D eigenvalue weighted by molar-refractivity contribution is -0.385. The Bertz CT molecular complexity index is 793. The van der Waals surface area contributed by atoms with Gasteiger partial charge in [-0.2, -0.15) is 0 Å². The van der Waals surface area contributed by atoms with Crippen LogP contribution < -0.4 is 9.47 Å². The van der Waals surface area contributed by atoms with E-state index in [1.54, 1.807) is 25.2 Å². The average molecular weight is 342 g/mol. The number of fused-ring (bicyclic) bond motifs is 1. The number of nitrogens with zero attached hydrogens (tertiary/aromatic N) is 2. The van der Waals surface area contributed by atoms with Gasteiger partial charge in [0.2, 0.25) is 5.91 Å². The molecule has 0 fully saturated rings. The fourth-order valence-electron chi connectivity index (χ4n) is 2.70. The Kier molecular flexibility index (Phi) is 4.83. The minimum absolute atomic E-state index is 0.0299. The summed E-state index contributed by atoms with van der Waals surface area (Å²) in [6.45, 7) is 0.688. The van der Waals surface area contributed by atoms with E-state index in [9.17, 15) is 14.9 Å². The SMILES string of the molecule is CN(CC1COc2ccccc2O1)C(=O)Cc1ccccc1[N+](=O)[O-]. The third-order valence-electron chi connectivity index (χ3n) is 4.00. The van der Waals surface area contributed by atoms with E-state index in [1.165, 1.54) is 11.0 Å². The normalized spacial score (nSPS) is 15.5. The second-order valence-corrected chi connectivity index (χ2v) is 5.83. The quantitative estimate of drug-likeness (QED) is 0.616. The fourth-order valence-corrected chi connectivity index (χ4v) is 2.70. The average Bonchev–Trinajstić information content (AvgIpc) is 2.61. The first-order chi connectivity index (χ1) is 12.0. The molecule has 1 aliphatic rings. The summed E-state index contributed by atoms with van der Waals surface area (Å²) in [5.74, 6) is 1.13. The van der Waals surface area contributed by atoms with Crippen LogP contribution in [0.3, 0.4) is 0 Å². The summed E-state index contributed by atoms with van der Waals surface area (Å²) in [5, 5.41) is 11.1. The van der Waals surface area contributed by atoms with E-state index in [4.69, 9.17) is 9.47 Å². The van der Waals surface area contributed by atoms with Crippen molar-refractivity contribution >= 4 is 11.6 Å². The van der Waals surface area contributed by atoms with E-state index in [-0.39, 0.29) is 24.1 Å².